The summed E-state index contributed by atoms with van der Waals surface area (Å²) in [5.74, 6) is 1.70. The molecule has 0 aliphatic rings. The zero-order valence-electron chi connectivity index (χ0n) is 11.2. The molecular formula is C13H16N4O2. The first-order valence-corrected chi connectivity index (χ1v) is 5.98. The van der Waals surface area contributed by atoms with Gasteiger partial charge in [-0.3, -0.25) is 0 Å². The number of anilines is 1. The van der Waals surface area contributed by atoms with Gasteiger partial charge in [-0.15, -0.1) is 0 Å². The van der Waals surface area contributed by atoms with Crippen LogP contribution >= 0.6 is 0 Å². The van der Waals surface area contributed by atoms with Crippen molar-refractivity contribution in [2.24, 2.45) is 0 Å². The number of aromatic nitrogens is 3. The smallest absolute Gasteiger partial charge is 0.321 e. The first kappa shape index (κ1) is 13.1. The number of para-hydroxylation sites is 1. The molecule has 0 saturated heterocycles. The fraction of sp³-hybridized carbons (Fsp3) is 0.308. The van der Waals surface area contributed by atoms with E-state index in [2.05, 4.69) is 20.3 Å². The van der Waals surface area contributed by atoms with Crippen molar-refractivity contribution in [2.45, 2.75) is 6.92 Å². The van der Waals surface area contributed by atoms with Gasteiger partial charge < -0.3 is 14.8 Å². The van der Waals surface area contributed by atoms with Crippen molar-refractivity contribution in [3.63, 3.8) is 0 Å². The Labute approximate surface area is 111 Å². The third kappa shape index (κ3) is 2.90. The van der Waals surface area contributed by atoms with Gasteiger partial charge in [-0.1, -0.05) is 12.1 Å². The van der Waals surface area contributed by atoms with Crippen LogP contribution in [0.4, 0.5) is 5.95 Å². The van der Waals surface area contributed by atoms with E-state index in [1.54, 1.807) is 7.05 Å². The quantitative estimate of drug-likeness (QED) is 0.886. The highest BCUT2D eigenvalue weighted by Gasteiger charge is 2.12. The van der Waals surface area contributed by atoms with E-state index in [0.29, 0.717) is 18.4 Å². The molecule has 0 aliphatic carbocycles. The Morgan fingerprint density at radius 2 is 1.95 bits per heavy atom. The number of hydrogen-bond donors (Lipinski definition) is 1. The third-order valence-corrected chi connectivity index (χ3v) is 2.45. The molecule has 1 N–H and O–H groups in total. The molecule has 0 aliphatic heterocycles. The highest BCUT2D eigenvalue weighted by Crippen LogP contribution is 2.28. The monoisotopic (exact) mass is 260 g/mol. The van der Waals surface area contributed by atoms with Crippen LogP contribution in [0, 0.1) is 0 Å². The Balaban J connectivity index is 2.51. The molecule has 6 heteroatoms. The van der Waals surface area contributed by atoms with Gasteiger partial charge in [0, 0.05) is 7.05 Å². The summed E-state index contributed by atoms with van der Waals surface area (Å²) in [6.07, 6.45) is 0. The molecule has 100 valence electrons. The number of methoxy groups -OCH3 is 1. The second-order valence-corrected chi connectivity index (χ2v) is 3.65. The number of benzene rings is 1. The SMILES string of the molecule is CCOc1ccccc1-c1nc(NC)nc(OC)n1. The Morgan fingerprint density at radius 3 is 2.63 bits per heavy atom. The van der Waals surface area contributed by atoms with Crippen LogP contribution in [0.5, 0.6) is 11.8 Å². The van der Waals surface area contributed by atoms with Crippen LogP contribution in [0.2, 0.25) is 0 Å². The van der Waals surface area contributed by atoms with Gasteiger partial charge in [0.2, 0.25) is 5.95 Å². The molecule has 0 saturated carbocycles. The average Bonchev–Trinajstić information content (AvgIpc) is 2.47. The molecule has 2 rings (SSSR count). The molecule has 1 aromatic heterocycles. The Hall–Kier alpha value is -2.37. The lowest BCUT2D eigenvalue weighted by molar-refractivity contribution is 0.341. The molecule has 0 amide bonds. The van der Waals surface area contributed by atoms with Gasteiger partial charge in [0.15, 0.2) is 5.82 Å². The van der Waals surface area contributed by atoms with Crippen LogP contribution in [0.25, 0.3) is 11.4 Å². The Bertz CT molecular complexity index is 538. The molecule has 19 heavy (non-hydrogen) atoms. The number of rotatable bonds is 5. The van der Waals surface area contributed by atoms with Crippen molar-refractivity contribution in [3.05, 3.63) is 24.3 Å². The summed E-state index contributed by atoms with van der Waals surface area (Å²) >= 11 is 0. The molecule has 0 unspecified atom stereocenters. The van der Waals surface area contributed by atoms with Crippen molar-refractivity contribution in [3.8, 4) is 23.1 Å². The Morgan fingerprint density at radius 1 is 1.16 bits per heavy atom. The van der Waals surface area contributed by atoms with Crippen molar-refractivity contribution in [1.29, 1.82) is 0 Å². The number of ether oxygens (including phenoxy) is 2. The van der Waals surface area contributed by atoms with Crippen LogP contribution in [-0.4, -0.2) is 35.7 Å². The van der Waals surface area contributed by atoms with Crippen LogP contribution in [0.15, 0.2) is 24.3 Å². The molecular weight excluding hydrogens is 244 g/mol. The zero-order valence-corrected chi connectivity index (χ0v) is 11.2. The molecule has 2 aromatic rings. The predicted molar refractivity (Wildman–Crippen MR) is 72.5 cm³/mol. The minimum Gasteiger partial charge on any atom is -0.493 e. The zero-order chi connectivity index (χ0) is 13.7. The van der Waals surface area contributed by atoms with Crippen LogP contribution in [-0.2, 0) is 0 Å². The maximum Gasteiger partial charge on any atom is 0.321 e. The predicted octanol–water partition coefficient (Wildman–Crippen LogP) is 1.99. The highest BCUT2D eigenvalue weighted by molar-refractivity contribution is 5.64. The maximum absolute atomic E-state index is 5.58. The summed E-state index contributed by atoms with van der Waals surface area (Å²) < 4.78 is 10.7. The lowest BCUT2D eigenvalue weighted by atomic mass is 10.2. The summed E-state index contributed by atoms with van der Waals surface area (Å²) in [6.45, 7) is 2.52. The van der Waals surface area contributed by atoms with E-state index in [-0.39, 0.29) is 6.01 Å². The topological polar surface area (TPSA) is 69.2 Å². The van der Waals surface area contributed by atoms with E-state index in [4.69, 9.17) is 9.47 Å². The van der Waals surface area contributed by atoms with Gasteiger partial charge in [-0.05, 0) is 19.1 Å². The van der Waals surface area contributed by atoms with Crippen LogP contribution in [0.1, 0.15) is 6.92 Å². The number of nitrogens with zero attached hydrogens (tertiary/aromatic N) is 3. The molecule has 0 spiro atoms. The second-order valence-electron chi connectivity index (χ2n) is 3.65. The van der Waals surface area contributed by atoms with Gasteiger partial charge in [-0.25, -0.2) is 0 Å². The summed E-state index contributed by atoms with van der Waals surface area (Å²) in [5, 5.41) is 2.88. The third-order valence-electron chi connectivity index (χ3n) is 2.45. The minimum absolute atomic E-state index is 0.264. The summed E-state index contributed by atoms with van der Waals surface area (Å²) in [7, 11) is 3.26. The summed E-state index contributed by atoms with van der Waals surface area (Å²) in [6, 6.07) is 7.87. The molecule has 1 aromatic carbocycles. The highest BCUT2D eigenvalue weighted by atomic mass is 16.5. The van der Waals surface area contributed by atoms with Gasteiger partial charge in [0.25, 0.3) is 0 Å². The van der Waals surface area contributed by atoms with Gasteiger partial charge in [0.1, 0.15) is 5.75 Å². The van der Waals surface area contributed by atoms with E-state index in [1.165, 1.54) is 7.11 Å². The number of hydrogen-bond acceptors (Lipinski definition) is 6. The second kappa shape index (κ2) is 5.99. The molecule has 0 atom stereocenters. The van der Waals surface area contributed by atoms with Crippen molar-refractivity contribution in [1.82, 2.24) is 15.0 Å². The van der Waals surface area contributed by atoms with Crippen molar-refractivity contribution < 1.29 is 9.47 Å². The average molecular weight is 260 g/mol. The van der Waals surface area contributed by atoms with E-state index in [1.807, 2.05) is 31.2 Å². The molecule has 1 heterocycles. The lowest BCUT2D eigenvalue weighted by Gasteiger charge is -2.10. The first-order valence-electron chi connectivity index (χ1n) is 5.98. The molecule has 0 bridgehead atoms. The van der Waals surface area contributed by atoms with Crippen molar-refractivity contribution >= 4 is 5.95 Å². The fourth-order valence-corrected chi connectivity index (χ4v) is 1.61. The summed E-state index contributed by atoms with van der Waals surface area (Å²) in [4.78, 5) is 12.6. The van der Waals surface area contributed by atoms with E-state index < -0.39 is 0 Å². The van der Waals surface area contributed by atoms with Crippen LogP contribution < -0.4 is 14.8 Å². The van der Waals surface area contributed by atoms with Gasteiger partial charge >= 0.3 is 6.01 Å². The number of nitrogens with one attached hydrogen (secondary N) is 1. The van der Waals surface area contributed by atoms with Crippen LogP contribution in [0.3, 0.4) is 0 Å². The summed E-state index contributed by atoms with van der Waals surface area (Å²) in [5.41, 5.74) is 0.807. The molecule has 6 nitrogen and oxygen atoms in total. The fourth-order valence-electron chi connectivity index (χ4n) is 1.61. The van der Waals surface area contributed by atoms with E-state index in [0.717, 1.165) is 11.3 Å². The van der Waals surface area contributed by atoms with E-state index in [9.17, 15) is 0 Å². The molecule has 0 radical (unpaired) electrons. The minimum atomic E-state index is 0.264. The largest absolute Gasteiger partial charge is 0.493 e. The molecule has 0 fully saturated rings. The standard InChI is InChI=1S/C13H16N4O2/c1-4-19-10-8-6-5-7-9(10)11-15-12(14-2)17-13(16-11)18-3/h5-8H,4H2,1-3H3,(H,14,15,16,17). The van der Waals surface area contributed by atoms with Crippen molar-refractivity contribution in [2.75, 3.05) is 26.1 Å². The van der Waals surface area contributed by atoms with E-state index >= 15 is 0 Å². The first-order chi connectivity index (χ1) is 9.28. The van der Waals surface area contributed by atoms with Gasteiger partial charge in [0.05, 0.1) is 19.3 Å². The lowest BCUT2D eigenvalue weighted by Crippen LogP contribution is -2.04. The normalized spacial score (nSPS) is 10.1. The maximum atomic E-state index is 5.58. The Kier molecular flexibility index (Phi) is 4.12. The van der Waals surface area contributed by atoms with Gasteiger partial charge in [-0.2, -0.15) is 15.0 Å².